The minimum Gasteiger partial charge on any atom is -0.328 e. The largest absolute Gasteiger partial charge is 0.328 e. The van der Waals surface area contributed by atoms with E-state index in [1.807, 2.05) is 0 Å². The molecule has 1 saturated carbocycles. The fourth-order valence-corrected chi connectivity index (χ4v) is 3.43. The van der Waals surface area contributed by atoms with E-state index in [0.29, 0.717) is 12.0 Å². The molecule has 1 aliphatic carbocycles. The summed E-state index contributed by atoms with van der Waals surface area (Å²) >= 11 is 0. The van der Waals surface area contributed by atoms with Crippen molar-refractivity contribution in [3.8, 4) is 0 Å². The first-order valence-electron chi connectivity index (χ1n) is 8.99. The summed E-state index contributed by atoms with van der Waals surface area (Å²) in [6.45, 7) is 3.20. The van der Waals surface area contributed by atoms with Crippen molar-refractivity contribution in [2.24, 2.45) is 5.73 Å². The molecule has 0 radical (unpaired) electrons. The van der Waals surface area contributed by atoms with Gasteiger partial charge in [-0.1, -0.05) is 43.7 Å². The molecular formula is C19H28N4. The number of nitrogens with two attached hydrogens (primary N) is 1. The Morgan fingerprint density at radius 3 is 2.70 bits per heavy atom. The zero-order valence-corrected chi connectivity index (χ0v) is 14.1. The zero-order chi connectivity index (χ0) is 16.1. The number of hydrogen-bond acceptors (Lipinski definition) is 3. The Kier molecular flexibility index (Phi) is 5.44. The lowest BCUT2D eigenvalue weighted by atomic mass is 10.1. The van der Waals surface area contributed by atoms with Gasteiger partial charge in [-0.15, -0.1) is 0 Å². The summed E-state index contributed by atoms with van der Waals surface area (Å²) in [5.74, 6) is 2.66. The van der Waals surface area contributed by atoms with Gasteiger partial charge >= 0.3 is 0 Å². The van der Waals surface area contributed by atoms with Gasteiger partial charge in [0.2, 0.25) is 0 Å². The Labute approximate surface area is 139 Å². The SMILES string of the molecule is CCCCn1nc(CCc2ccccc2)nc1C1CCC(N)C1. The van der Waals surface area contributed by atoms with Gasteiger partial charge in [0, 0.05) is 24.9 Å². The number of benzene rings is 1. The monoisotopic (exact) mass is 312 g/mol. The second-order valence-corrected chi connectivity index (χ2v) is 6.72. The van der Waals surface area contributed by atoms with Crippen LogP contribution in [0.1, 0.15) is 62.2 Å². The maximum Gasteiger partial charge on any atom is 0.151 e. The van der Waals surface area contributed by atoms with Crippen molar-refractivity contribution in [1.29, 1.82) is 0 Å². The molecule has 1 fully saturated rings. The van der Waals surface area contributed by atoms with E-state index in [1.165, 1.54) is 17.8 Å². The van der Waals surface area contributed by atoms with Crippen LogP contribution in [0.4, 0.5) is 0 Å². The normalized spacial score (nSPS) is 21.0. The lowest BCUT2D eigenvalue weighted by Gasteiger charge is -2.10. The predicted octanol–water partition coefficient (Wildman–Crippen LogP) is 3.46. The van der Waals surface area contributed by atoms with Gasteiger partial charge in [-0.3, -0.25) is 0 Å². The average Bonchev–Trinajstić information content (AvgIpc) is 3.18. The molecule has 124 valence electrons. The number of unbranched alkanes of at least 4 members (excludes halogenated alkanes) is 1. The Morgan fingerprint density at radius 2 is 2.00 bits per heavy atom. The molecule has 3 rings (SSSR count). The summed E-state index contributed by atoms with van der Waals surface area (Å²) in [5.41, 5.74) is 7.45. The lowest BCUT2D eigenvalue weighted by molar-refractivity contribution is 0.508. The molecule has 2 N–H and O–H groups in total. The van der Waals surface area contributed by atoms with Crippen molar-refractivity contribution in [3.63, 3.8) is 0 Å². The van der Waals surface area contributed by atoms with Gasteiger partial charge in [0.15, 0.2) is 5.82 Å². The van der Waals surface area contributed by atoms with Crippen LogP contribution >= 0.6 is 0 Å². The Bertz CT molecular complexity index is 605. The zero-order valence-electron chi connectivity index (χ0n) is 14.1. The number of aromatic nitrogens is 3. The molecule has 0 aliphatic heterocycles. The molecule has 4 nitrogen and oxygen atoms in total. The van der Waals surface area contributed by atoms with Crippen molar-refractivity contribution in [2.45, 2.75) is 70.4 Å². The van der Waals surface area contributed by atoms with E-state index in [4.69, 9.17) is 15.8 Å². The van der Waals surface area contributed by atoms with Crippen LogP contribution in [0.5, 0.6) is 0 Å². The minimum absolute atomic E-state index is 0.337. The first-order valence-corrected chi connectivity index (χ1v) is 8.99. The van der Waals surface area contributed by atoms with E-state index < -0.39 is 0 Å². The molecule has 23 heavy (non-hydrogen) atoms. The highest BCUT2D eigenvalue weighted by Crippen LogP contribution is 2.32. The molecule has 0 saturated heterocycles. The summed E-state index contributed by atoms with van der Waals surface area (Å²) < 4.78 is 2.16. The molecule has 0 amide bonds. The van der Waals surface area contributed by atoms with Gasteiger partial charge in [-0.05, 0) is 37.7 Å². The first-order chi connectivity index (χ1) is 11.3. The summed E-state index contributed by atoms with van der Waals surface area (Å²) in [7, 11) is 0. The van der Waals surface area contributed by atoms with E-state index in [2.05, 4.69) is 41.9 Å². The molecule has 2 unspecified atom stereocenters. The third-order valence-corrected chi connectivity index (χ3v) is 4.79. The fourth-order valence-electron chi connectivity index (χ4n) is 3.43. The van der Waals surface area contributed by atoms with Crippen molar-refractivity contribution in [3.05, 3.63) is 47.5 Å². The Balaban J connectivity index is 1.71. The molecule has 1 heterocycles. The van der Waals surface area contributed by atoms with Crippen LogP contribution in [0.25, 0.3) is 0 Å². The highest BCUT2D eigenvalue weighted by Gasteiger charge is 2.27. The second-order valence-electron chi connectivity index (χ2n) is 6.72. The van der Waals surface area contributed by atoms with E-state index in [-0.39, 0.29) is 0 Å². The summed E-state index contributed by atoms with van der Waals surface area (Å²) in [4.78, 5) is 4.89. The van der Waals surface area contributed by atoms with E-state index in [1.54, 1.807) is 0 Å². The summed E-state index contributed by atoms with van der Waals surface area (Å²) in [6, 6.07) is 10.9. The molecule has 0 spiro atoms. The minimum atomic E-state index is 0.337. The van der Waals surface area contributed by atoms with Crippen LogP contribution in [0.15, 0.2) is 30.3 Å². The fraction of sp³-hybridized carbons (Fsp3) is 0.579. The molecule has 0 bridgehead atoms. The third-order valence-electron chi connectivity index (χ3n) is 4.79. The van der Waals surface area contributed by atoms with Crippen LogP contribution in [0, 0.1) is 0 Å². The van der Waals surface area contributed by atoms with Gasteiger partial charge in [-0.25, -0.2) is 9.67 Å². The van der Waals surface area contributed by atoms with Crippen LogP contribution in [0.2, 0.25) is 0 Å². The summed E-state index contributed by atoms with van der Waals surface area (Å²) in [5, 5.41) is 4.80. The van der Waals surface area contributed by atoms with Crippen LogP contribution in [-0.4, -0.2) is 20.8 Å². The van der Waals surface area contributed by atoms with Crippen LogP contribution in [-0.2, 0) is 19.4 Å². The maximum absolute atomic E-state index is 6.10. The van der Waals surface area contributed by atoms with Gasteiger partial charge in [0.05, 0.1) is 0 Å². The van der Waals surface area contributed by atoms with Crippen molar-refractivity contribution in [1.82, 2.24) is 14.8 Å². The van der Waals surface area contributed by atoms with Crippen molar-refractivity contribution in [2.75, 3.05) is 0 Å². The van der Waals surface area contributed by atoms with E-state index in [0.717, 1.165) is 50.9 Å². The number of nitrogens with zero attached hydrogens (tertiary/aromatic N) is 3. The van der Waals surface area contributed by atoms with E-state index >= 15 is 0 Å². The highest BCUT2D eigenvalue weighted by atomic mass is 15.3. The number of aryl methyl sites for hydroxylation is 3. The van der Waals surface area contributed by atoms with Crippen molar-refractivity contribution >= 4 is 0 Å². The van der Waals surface area contributed by atoms with Gasteiger partial charge in [-0.2, -0.15) is 5.10 Å². The number of hydrogen-bond donors (Lipinski definition) is 1. The van der Waals surface area contributed by atoms with Gasteiger partial charge in [0.1, 0.15) is 5.82 Å². The molecule has 1 aliphatic rings. The molecule has 1 aromatic carbocycles. The Morgan fingerprint density at radius 1 is 1.17 bits per heavy atom. The number of rotatable bonds is 7. The van der Waals surface area contributed by atoms with Gasteiger partial charge in [0.25, 0.3) is 0 Å². The smallest absolute Gasteiger partial charge is 0.151 e. The van der Waals surface area contributed by atoms with Gasteiger partial charge < -0.3 is 5.73 Å². The Hall–Kier alpha value is -1.68. The second kappa shape index (κ2) is 7.73. The van der Waals surface area contributed by atoms with Crippen molar-refractivity contribution < 1.29 is 0 Å². The first kappa shape index (κ1) is 16.2. The van der Waals surface area contributed by atoms with Crippen LogP contribution < -0.4 is 5.73 Å². The average molecular weight is 312 g/mol. The maximum atomic E-state index is 6.10. The lowest BCUT2D eigenvalue weighted by Crippen LogP contribution is -2.15. The molecular weight excluding hydrogens is 284 g/mol. The molecule has 1 aromatic heterocycles. The molecule has 4 heteroatoms. The quantitative estimate of drug-likeness (QED) is 0.852. The topological polar surface area (TPSA) is 56.7 Å². The highest BCUT2D eigenvalue weighted by molar-refractivity contribution is 5.15. The van der Waals surface area contributed by atoms with E-state index in [9.17, 15) is 0 Å². The standard InChI is InChI=1S/C19H28N4/c1-2-3-13-23-19(16-10-11-17(20)14-16)21-18(22-23)12-9-15-7-5-4-6-8-15/h4-8,16-17H,2-3,9-14,20H2,1H3. The summed E-state index contributed by atoms with van der Waals surface area (Å²) in [6.07, 6.45) is 7.59. The van der Waals surface area contributed by atoms with Crippen LogP contribution in [0.3, 0.4) is 0 Å². The molecule has 2 aromatic rings. The predicted molar refractivity (Wildman–Crippen MR) is 93.3 cm³/mol. The third kappa shape index (κ3) is 4.20. The molecule has 2 atom stereocenters.